The van der Waals surface area contributed by atoms with Crippen LogP contribution >= 0.6 is 0 Å². The summed E-state index contributed by atoms with van der Waals surface area (Å²) in [7, 11) is 1.56. The minimum atomic E-state index is -1.09. The van der Waals surface area contributed by atoms with Crippen LogP contribution in [0.4, 0.5) is 10.5 Å². The molecule has 1 aromatic rings. The van der Waals surface area contributed by atoms with Gasteiger partial charge in [0.25, 0.3) is 0 Å². The fourth-order valence-corrected chi connectivity index (χ4v) is 1.34. The number of amides is 2. The number of anilines is 1. The molecule has 0 aliphatic heterocycles. The molecular formula is C12H16N2O4. The molecule has 3 N–H and O–H groups in total. The molecule has 0 unspecified atom stereocenters. The second-order valence-corrected chi connectivity index (χ2v) is 3.75. The molecule has 1 atom stereocenters. The van der Waals surface area contributed by atoms with Gasteiger partial charge in [-0.2, -0.15) is 0 Å². The Balaban J connectivity index is 2.66. The maximum absolute atomic E-state index is 11.6. The highest BCUT2D eigenvalue weighted by Gasteiger charge is 2.14. The van der Waals surface area contributed by atoms with Crippen LogP contribution < -0.4 is 10.6 Å². The summed E-state index contributed by atoms with van der Waals surface area (Å²) in [4.78, 5) is 22.2. The van der Waals surface area contributed by atoms with Gasteiger partial charge in [-0.15, -0.1) is 0 Å². The first-order valence-corrected chi connectivity index (χ1v) is 5.41. The maximum Gasteiger partial charge on any atom is 0.325 e. The summed E-state index contributed by atoms with van der Waals surface area (Å²) in [6.07, 6.45) is 0. The molecular weight excluding hydrogens is 236 g/mol. The number of para-hydroxylation sites is 1. The highest BCUT2D eigenvalue weighted by atomic mass is 16.5. The molecule has 0 heterocycles. The second-order valence-electron chi connectivity index (χ2n) is 3.75. The third kappa shape index (κ3) is 4.06. The number of hydrogen-bond acceptors (Lipinski definition) is 3. The van der Waals surface area contributed by atoms with E-state index in [1.54, 1.807) is 19.2 Å². The zero-order valence-electron chi connectivity index (χ0n) is 10.3. The number of benzene rings is 1. The number of carboxylic acids is 1. The van der Waals surface area contributed by atoms with Crippen molar-refractivity contribution < 1.29 is 19.4 Å². The van der Waals surface area contributed by atoms with E-state index in [-0.39, 0.29) is 0 Å². The van der Waals surface area contributed by atoms with Crippen molar-refractivity contribution >= 4 is 17.7 Å². The van der Waals surface area contributed by atoms with E-state index < -0.39 is 18.0 Å². The van der Waals surface area contributed by atoms with E-state index in [0.29, 0.717) is 12.3 Å². The molecule has 18 heavy (non-hydrogen) atoms. The van der Waals surface area contributed by atoms with Crippen LogP contribution in [0.2, 0.25) is 0 Å². The first kappa shape index (κ1) is 14.0. The summed E-state index contributed by atoms with van der Waals surface area (Å²) in [5, 5.41) is 13.6. The molecule has 0 fully saturated rings. The van der Waals surface area contributed by atoms with Gasteiger partial charge in [0.1, 0.15) is 6.04 Å². The predicted octanol–water partition coefficient (Wildman–Crippen LogP) is 1.43. The van der Waals surface area contributed by atoms with Gasteiger partial charge >= 0.3 is 12.0 Å². The molecule has 0 aromatic heterocycles. The van der Waals surface area contributed by atoms with Crippen LogP contribution in [-0.2, 0) is 16.1 Å². The Labute approximate surface area is 105 Å². The van der Waals surface area contributed by atoms with Gasteiger partial charge < -0.3 is 20.5 Å². The lowest BCUT2D eigenvalue weighted by molar-refractivity contribution is -0.138. The van der Waals surface area contributed by atoms with Gasteiger partial charge in [-0.05, 0) is 13.0 Å². The molecule has 1 rings (SSSR count). The quantitative estimate of drug-likeness (QED) is 0.739. The fraction of sp³-hybridized carbons (Fsp3) is 0.333. The summed E-state index contributed by atoms with van der Waals surface area (Å²) < 4.78 is 5.00. The normalized spacial score (nSPS) is 11.7. The van der Waals surface area contributed by atoms with Gasteiger partial charge in [-0.25, -0.2) is 4.79 Å². The van der Waals surface area contributed by atoms with E-state index >= 15 is 0 Å². The Hall–Kier alpha value is -2.08. The minimum Gasteiger partial charge on any atom is -0.480 e. The molecule has 0 bridgehead atoms. The summed E-state index contributed by atoms with van der Waals surface area (Å²) in [5.41, 5.74) is 1.41. The van der Waals surface area contributed by atoms with Gasteiger partial charge in [-0.3, -0.25) is 4.79 Å². The molecule has 0 aliphatic rings. The summed E-state index contributed by atoms with van der Waals surface area (Å²) >= 11 is 0. The number of carbonyl (C=O) groups is 2. The molecule has 0 saturated carbocycles. The van der Waals surface area contributed by atoms with Gasteiger partial charge in [0, 0.05) is 18.4 Å². The number of carboxylic acid groups (broad SMARTS) is 1. The van der Waals surface area contributed by atoms with Gasteiger partial charge in [0.05, 0.1) is 6.61 Å². The Morgan fingerprint density at radius 2 is 2.06 bits per heavy atom. The van der Waals surface area contributed by atoms with E-state index in [1.807, 2.05) is 12.1 Å². The summed E-state index contributed by atoms with van der Waals surface area (Å²) in [6.45, 7) is 1.76. The number of hydrogen-bond donors (Lipinski definition) is 3. The molecule has 0 spiro atoms. The smallest absolute Gasteiger partial charge is 0.325 e. The average Bonchev–Trinajstić information content (AvgIpc) is 2.31. The van der Waals surface area contributed by atoms with Crippen LogP contribution in [0.25, 0.3) is 0 Å². The van der Waals surface area contributed by atoms with Crippen molar-refractivity contribution in [1.29, 1.82) is 0 Å². The highest BCUT2D eigenvalue weighted by molar-refractivity contribution is 5.92. The summed E-state index contributed by atoms with van der Waals surface area (Å²) in [5.74, 6) is -1.09. The Kier molecular flexibility index (Phi) is 5.13. The third-order valence-corrected chi connectivity index (χ3v) is 2.28. The average molecular weight is 252 g/mol. The lowest BCUT2D eigenvalue weighted by Crippen LogP contribution is -2.41. The lowest BCUT2D eigenvalue weighted by atomic mass is 10.2. The molecule has 2 amide bonds. The van der Waals surface area contributed by atoms with Crippen LogP contribution in [0, 0.1) is 0 Å². The monoisotopic (exact) mass is 252 g/mol. The molecule has 0 radical (unpaired) electrons. The molecule has 0 aliphatic carbocycles. The van der Waals surface area contributed by atoms with E-state index in [0.717, 1.165) is 5.56 Å². The van der Waals surface area contributed by atoms with Crippen molar-refractivity contribution in [3.8, 4) is 0 Å². The van der Waals surface area contributed by atoms with Crippen LogP contribution in [-0.4, -0.2) is 30.3 Å². The van der Waals surface area contributed by atoms with Crippen molar-refractivity contribution in [3.05, 3.63) is 29.8 Å². The van der Waals surface area contributed by atoms with E-state index in [9.17, 15) is 9.59 Å². The van der Waals surface area contributed by atoms with Crippen LogP contribution in [0.5, 0.6) is 0 Å². The Morgan fingerprint density at radius 1 is 1.39 bits per heavy atom. The molecule has 6 nitrogen and oxygen atoms in total. The molecule has 1 aromatic carbocycles. The maximum atomic E-state index is 11.6. The topological polar surface area (TPSA) is 87.7 Å². The number of carbonyl (C=O) groups excluding carboxylic acids is 1. The Morgan fingerprint density at radius 3 is 2.67 bits per heavy atom. The molecule has 6 heteroatoms. The highest BCUT2D eigenvalue weighted by Crippen LogP contribution is 2.15. The zero-order valence-corrected chi connectivity index (χ0v) is 10.3. The van der Waals surface area contributed by atoms with Crippen molar-refractivity contribution in [2.75, 3.05) is 12.4 Å². The molecule has 0 saturated heterocycles. The van der Waals surface area contributed by atoms with Crippen molar-refractivity contribution in [2.24, 2.45) is 0 Å². The van der Waals surface area contributed by atoms with E-state index in [2.05, 4.69) is 10.6 Å². The van der Waals surface area contributed by atoms with Crippen molar-refractivity contribution in [2.45, 2.75) is 19.6 Å². The predicted molar refractivity (Wildman–Crippen MR) is 66.4 cm³/mol. The second kappa shape index (κ2) is 6.61. The van der Waals surface area contributed by atoms with Crippen molar-refractivity contribution in [1.82, 2.24) is 5.32 Å². The number of ether oxygens (including phenoxy) is 1. The largest absolute Gasteiger partial charge is 0.480 e. The molecule has 98 valence electrons. The van der Waals surface area contributed by atoms with Crippen LogP contribution in [0.1, 0.15) is 12.5 Å². The first-order valence-electron chi connectivity index (χ1n) is 5.41. The van der Waals surface area contributed by atoms with Crippen LogP contribution in [0.15, 0.2) is 24.3 Å². The standard InChI is InChI=1S/C12H16N2O4/c1-8(11(15)16)13-12(17)14-10-6-4-3-5-9(10)7-18-2/h3-6,8H,7H2,1-2H3,(H,15,16)(H2,13,14,17)/t8-/m0/s1. The third-order valence-electron chi connectivity index (χ3n) is 2.28. The number of rotatable bonds is 5. The fourth-order valence-electron chi connectivity index (χ4n) is 1.34. The number of aliphatic carboxylic acids is 1. The Bertz CT molecular complexity index is 434. The lowest BCUT2D eigenvalue weighted by Gasteiger charge is -2.13. The minimum absolute atomic E-state index is 0.366. The van der Waals surface area contributed by atoms with Gasteiger partial charge in [-0.1, -0.05) is 18.2 Å². The van der Waals surface area contributed by atoms with Gasteiger partial charge in [0.2, 0.25) is 0 Å². The first-order chi connectivity index (χ1) is 8.54. The number of nitrogens with one attached hydrogen (secondary N) is 2. The SMILES string of the molecule is COCc1ccccc1NC(=O)N[C@@H](C)C(=O)O. The van der Waals surface area contributed by atoms with E-state index in [1.165, 1.54) is 6.92 Å². The van der Waals surface area contributed by atoms with Crippen molar-refractivity contribution in [3.63, 3.8) is 0 Å². The van der Waals surface area contributed by atoms with E-state index in [4.69, 9.17) is 9.84 Å². The number of urea groups is 1. The summed E-state index contributed by atoms with van der Waals surface area (Å²) in [6, 6.07) is 5.64. The van der Waals surface area contributed by atoms with Gasteiger partial charge in [0.15, 0.2) is 0 Å². The van der Waals surface area contributed by atoms with Crippen LogP contribution in [0.3, 0.4) is 0 Å². The zero-order chi connectivity index (χ0) is 13.5. The number of methoxy groups -OCH3 is 1.